The van der Waals surface area contributed by atoms with Crippen LogP contribution in [0.15, 0.2) is 188 Å². The number of rotatable bonds is 32. The second-order valence-electron chi connectivity index (χ2n) is 20.2. The summed E-state index contributed by atoms with van der Waals surface area (Å²) in [7, 11) is -34.0. The van der Waals surface area contributed by atoms with Gasteiger partial charge in [0.05, 0.1) is 109 Å². The van der Waals surface area contributed by atoms with Crippen LogP contribution in [0.1, 0.15) is 5.56 Å². The summed E-state index contributed by atoms with van der Waals surface area (Å²) in [6, 6.07) is 19.3. The lowest BCUT2D eigenvalue weighted by atomic mass is 10.1. The third kappa shape index (κ3) is 23.7. The summed E-state index contributed by atoms with van der Waals surface area (Å²) >= 11 is 2.17. The van der Waals surface area contributed by atoms with Crippen molar-refractivity contribution in [2.45, 2.75) is 51.0 Å². The van der Waals surface area contributed by atoms with Crippen LogP contribution in [0.3, 0.4) is 0 Å². The average molecular weight is 1750 g/mol. The van der Waals surface area contributed by atoms with Gasteiger partial charge in [-0.05, 0) is 153 Å². The van der Waals surface area contributed by atoms with Gasteiger partial charge in [-0.2, -0.15) is 52.3 Å². The zero-order chi connectivity index (χ0) is 79.3. The first-order valence-electron chi connectivity index (χ1n) is 27.8. The van der Waals surface area contributed by atoms with Crippen LogP contribution in [0.5, 0.6) is 17.2 Å². The van der Waals surface area contributed by atoms with Crippen LogP contribution in [-0.2, 0) is 113 Å². The molecule has 0 atom stereocenters. The van der Waals surface area contributed by atoms with E-state index in [9.17, 15) is 82.8 Å². The van der Waals surface area contributed by atoms with Crippen molar-refractivity contribution >= 4 is 197 Å². The number of azo groups is 4. The third-order valence-electron chi connectivity index (χ3n) is 13.3. The summed E-state index contributed by atoms with van der Waals surface area (Å²) in [5, 5.41) is 83.4. The van der Waals surface area contributed by atoms with Crippen molar-refractivity contribution in [3.8, 4) is 40.0 Å². The highest BCUT2D eigenvalue weighted by atomic mass is 32.3. The smallest absolute Gasteiger partial charge is 0.433 e. The zero-order valence-corrected chi connectivity index (χ0v) is 63.2. The molecule has 0 aromatic heterocycles. The second kappa shape index (κ2) is 37.7. The number of phenolic OH excluding ortho intramolecular Hbond substituents is 2. The molecule has 17 N–H and O–H groups in total. The normalized spacial score (nSPS) is 12.4. The molecule has 8 aromatic rings. The first-order chi connectivity index (χ1) is 50.6. The molecule has 0 amide bonds. The number of phenols is 2. The van der Waals surface area contributed by atoms with Gasteiger partial charge in [0.15, 0.2) is 43.4 Å². The lowest BCUT2D eigenvalue weighted by molar-refractivity contribution is -0.432. The fourth-order valence-electron chi connectivity index (χ4n) is 8.82. The van der Waals surface area contributed by atoms with Gasteiger partial charge >= 0.3 is 20.8 Å². The number of anilines is 2. The monoisotopic (exact) mass is 1750 g/mol. The molecule has 0 heterocycles. The van der Waals surface area contributed by atoms with Gasteiger partial charge in [0.2, 0.25) is 0 Å². The van der Waals surface area contributed by atoms with E-state index < -0.39 is 165 Å². The van der Waals surface area contributed by atoms with Crippen LogP contribution in [-0.4, -0.2) is 145 Å². The van der Waals surface area contributed by atoms with Gasteiger partial charge < -0.3 is 42.1 Å². The van der Waals surface area contributed by atoms with E-state index in [-0.39, 0.29) is 101 Å². The number of nitrogens with zero attached hydrogens (tertiary/aromatic N) is 8. The molecule has 45 nitrogen and oxygen atoms in total. The fourth-order valence-corrected chi connectivity index (χ4v) is 15.6. The summed E-state index contributed by atoms with van der Waals surface area (Å²) in [6.45, 7) is -0.123. The first kappa shape index (κ1) is 89.7. The van der Waals surface area contributed by atoms with Gasteiger partial charge in [-0.15, -0.1) is 39.4 Å². The van der Waals surface area contributed by atoms with E-state index in [1.54, 1.807) is 0 Å². The van der Waals surface area contributed by atoms with Gasteiger partial charge in [-0.25, -0.2) is 27.4 Å². The molecule has 0 spiro atoms. The summed E-state index contributed by atoms with van der Waals surface area (Å²) in [5.74, 6) is -4.29. The molecule has 0 aliphatic carbocycles. The summed E-state index contributed by atoms with van der Waals surface area (Å²) < 4.78 is 249. The maximum Gasteiger partial charge on any atom is 0.433 e. The summed E-state index contributed by atoms with van der Waals surface area (Å²) in [5.41, 5.74) is 8.39. The highest BCUT2D eigenvalue weighted by Gasteiger charge is 2.30. The van der Waals surface area contributed by atoms with Crippen LogP contribution in [0.4, 0.5) is 56.9 Å². The largest absolute Gasteiger partial charge is 0.505 e. The van der Waals surface area contributed by atoms with Gasteiger partial charge in [0.25, 0.3) is 30.4 Å². The predicted molar refractivity (Wildman–Crippen MR) is 381 cm³/mol. The molecule has 0 saturated carbocycles. The Morgan fingerprint density at radius 1 is 0.464 bits per heavy atom. The van der Waals surface area contributed by atoms with Crippen LogP contribution < -0.4 is 16.2 Å². The molecule has 590 valence electrons. The molecule has 0 bridgehead atoms. The van der Waals surface area contributed by atoms with Crippen molar-refractivity contribution in [2.75, 3.05) is 43.3 Å². The van der Waals surface area contributed by atoms with Crippen molar-refractivity contribution in [1.82, 2.24) is 0 Å². The number of nitrogens with two attached hydrogens (primary N) is 2. The van der Waals surface area contributed by atoms with E-state index in [0.29, 0.717) is 28.0 Å². The maximum absolute atomic E-state index is 13.8. The average Bonchev–Trinajstić information content (AvgIpc) is 0.751. The molecule has 0 saturated heterocycles. The highest BCUT2D eigenvalue weighted by Crippen LogP contribution is 2.52. The number of fused-ring (bicyclic) bond motifs is 2. The van der Waals surface area contributed by atoms with Crippen LogP contribution >= 0.6 is 47.6 Å². The van der Waals surface area contributed by atoms with Crippen molar-refractivity contribution in [3.05, 3.63) is 109 Å². The fraction of sp³-hybridized carbons (Fsp3) is 0.111. The molecule has 0 aliphatic rings. The second-order valence-corrected chi connectivity index (χ2v) is 33.8. The minimum atomic E-state index is -5.48. The topological polar surface area (TPSA) is 727 Å². The minimum Gasteiger partial charge on any atom is -0.505 e. The molecule has 0 fully saturated rings. The Hall–Kier alpha value is -9.19. The molecule has 8 rings (SSSR count). The number of methoxy groups -OCH3 is 1. The number of aromatic hydroxyl groups is 2. The van der Waals surface area contributed by atoms with E-state index in [4.69, 9.17) is 40.6 Å². The summed E-state index contributed by atoms with van der Waals surface area (Å²) in [4.78, 5) is 3.96. The summed E-state index contributed by atoms with van der Waals surface area (Å²) in [6.07, 6.45) is 3.72. The Balaban J connectivity index is 0.00000945. The molecular formula is C54H48N10O35S11. The van der Waals surface area contributed by atoms with Crippen molar-refractivity contribution in [3.63, 3.8) is 0 Å². The Morgan fingerprint density at radius 2 is 0.873 bits per heavy atom. The quantitative estimate of drug-likeness (QED) is 0.00215. The van der Waals surface area contributed by atoms with Gasteiger partial charge in [0, 0.05) is 26.4 Å². The minimum absolute atomic E-state index is 0. The van der Waals surface area contributed by atoms with E-state index in [1.807, 2.05) is 12.2 Å². The number of nitrogen functional groups attached to an aromatic ring is 2. The van der Waals surface area contributed by atoms with Crippen molar-refractivity contribution in [1.29, 1.82) is 0 Å². The van der Waals surface area contributed by atoms with E-state index in [1.165, 1.54) is 55.5 Å². The van der Waals surface area contributed by atoms with E-state index >= 15 is 0 Å². The molecule has 0 radical (unpaired) electrons. The molecular weight excluding hydrogens is 1700 g/mol. The van der Waals surface area contributed by atoms with Crippen LogP contribution in [0.2, 0.25) is 0 Å². The number of hydrogen-bond acceptors (Lipinski definition) is 42. The Morgan fingerprint density at radius 3 is 1.27 bits per heavy atom. The van der Waals surface area contributed by atoms with Gasteiger partial charge in [0.1, 0.15) is 54.6 Å². The number of aryl methyl sites for hydroxylation is 1. The van der Waals surface area contributed by atoms with E-state index in [0.717, 1.165) is 67.0 Å². The molecule has 110 heavy (non-hydrogen) atoms. The van der Waals surface area contributed by atoms with Gasteiger partial charge in [-0.3, -0.25) is 32.5 Å². The lowest BCUT2D eigenvalue weighted by Crippen LogP contribution is -2.18. The predicted octanol–water partition coefficient (Wildman–Crippen LogP) is 9.28. The number of sulfone groups is 2. The Bertz CT molecular complexity index is 5970. The SMILES string of the molecule is COc1cc(S(=O)(=O)CCOCCS(=O)(=O)c2ccc(N=Nc3c(S(=O)(=O)O)cc4cc(SOOO)c(N=Nc5ccc(SC#COOS(=O)(=O)O)cc5)c(N)c4c3O)c(S(=O)(=O)O)c2)c(C)cc1N=Nc1c(S(=O)(=O)O)cc2cc(SOOO)c(N=Nc3ccc(SC#COOS(=O)(=O)O)cc3)c(N)c2c1O.O.O. The first-order valence-corrected chi connectivity index (χ1v) is 41.3. The zero-order valence-electron chi connectivity index (χ0n) is 54.2. The molecule has 56 heteroatoms. The Kier molecular flexibility index (Phi) is 30.7. The number of ether oxygens (including phenoxy) is 2. The standard InChI is InChI=1S/C54H44N10O33S11.2H2O/c1-28-21-37(60-64-52-44(106(79,80)81)25-30-23-40(101-95-93-68)50(48(56)46(30)54(52)66)62-58-32-5-9-34(10-6-32)99-18-14-91-97-108(85,86)87)38(88-2)27-41(28)103(71,72)20-16-89-15-19-102(69,70)35-11-12-36(42(26-35)104(73,74)75)59-63-51-43(105(76,77)78)24-29-22-39(100-94-92-67)49(47(55)45(29)53(51)65)61-57-31-3-7-33(8-4-31)98-17-13-90-96-107(82,83)84;;/h3-12,21-27,65-68H,15-16,19-20,55-56H2,1-2H3,(H,73,74,75)(H,76,77,78)(H,79,80,81)(H,82,83,84)(H,85,86,87);2*1H2. The van der Waals surface area contributed by atoms with Crippen LogP contribution in [0, 0.1) is 29.6 Å². The van der Waals surface area contributed by atoms with Crippen molar-refractivity contribution in [2.24, 2.45) is 40.9 Å². The number of thioether (sulfide) groups is 2. The van der Waals surface area contributed by atoms with E-state index in [2.05, 4.69) is 88.6 Å². The molecule has 0 aliphatic heterocycles. The van der Waals surface area contributed by atoms with Crippen LogP contribution in [0.25, 0.3) is 21.5 Å². The third-order valence-corrected chi connectivity index (χ3v) is 22.5. The number of benzene rings is 8. The highest BCUT2D eigenvalue weighted by molar-refractivity contribution is 8.04. The van der Waals surface area contributed by atoms with Gasteiger partial charge in [-0.1, -0.05) is 10.1 Å². The lowest BCUT2D eigenvalue weighted by Gasteiger charge is -2.14. The Labute approximate surface area is 636 Å². The molecule has 0 unspecified atom stereocenters. The molecule has 8 aromatic carbocycles. The maximum atomic E-state index is 13.8. The van der Waals surface area contributed by atoms with Crippen molar-refractivity contribution < 1.29 is 160 Å². The number of hydrogen-bond donors (Lipinski definition) is 11.